The average Bonchev–Trinajstić information content (AvgIpc) is 2.63. The minimum Gasteiger partial charge on any atom is -0.120 e. The second-order valence-corrected chi connectivity index (χ2v) is 4.27. The minimum atomic E-state index is 0. The van der Waals surface area contributed by atoms with Gasteiger partial charge in [0.1, 0.15) is 0 Å². The molecule has 0 bridgehead atoms. The van der Waals surface area contributed by atoms with Crippen molar-refractivity contribution in [3.8, 4) is 12.3 Å². The smallest absolute Gasteiger partial charge is 0.00297 e. The van der Waals surface area contributed by atoms with E-state index in [9.17, 15) is 0 Å². The molecule has 0 spiro atoms. The Bertz CT molecular complexity index is 221. The lowest BCUT2D eigenvalue weighted by Crippen LogP contribution is -1.58. The third-order valence-electron chi connectivity index (χ3n) is 1.96. The molecular weight excluding hydrogens is 300 g/mol. The number of hydrogen-bond donors (Lipinski definition) is 0. The molecule has 0 aromatic heterocycles. The highest BCUT2D eigenvalue weighted by Gasteiger charge is 1.67. The average molecular weight is 355 g/mol. The maximum absolute atomic E-state index is 4.60. The summed E-state index contributed by atoms with van der Waals surface area (Å²) in [5.74, 6) is 2.25. The first kappa shape index (κ1) is 43.8. The molecular formula is C25H54. The normalized spacial score (nSPS) is 7.28. The summed E-state index contributed by atoms with van der Waals surface area (Å²) in [6, 6.07) is 0. The van der Waals surface area contributed by atoms with E-state index in [-0.39, 0.29) is 7.43 Å². The zero-order chi connectivity index (χ0) is 20.6. The molecule has 0 N–H and O–H groups in total. The van der Waals surface area contributed by atoms with Gasteiger partial charge in [0.25, 0.3) is 0 Å². The molecule has 25 heavy (non-hydrogen) atoms. The van der Waals surface area contributed by atoms with Crippen molar-refractivity contribution >= 4 is 0 Å². The molecule has 154 valence electrons. The molecule has 0 nitrogen and oxygen atoms in total. The van der Waals surface area contributed by atoms with Gasteiger partial charge in [-0.05, 0) is 33.1 Å². The Labute approximate surface area is 164 Å². The van der Waals surface area contributed by atoms with E-state index in [2.05, 4.69) is 77.8 Å². The molecule has 0 aliphatic carbocycles. The Morgan fingerprint density at radius 3 is 1.12 bits per heavy atom. The predicted octanol–water partition coefficient (Wildman–Crippen LogP) is 10.0. The van der Waals surface area contributed by atoms with Gasteiger partial charge >= 0.3 is 0 Å². The Balaban J connectivity index is -0.0000000336. The number of hydrogen-bond acceptors (Lipinski definition) is 0. The monoisotopic (exact) mass is 354 g/mol. The fourth-order valence-corrected chi connectivity index (χ4v) is 0.429. The van der Waals surface area contributed by atoms with Crippen LogP contribution in [0.3, 0.4) is 0 Å². The van der Waals surface area contributed by atoms with Gasteiger partial charge < -0.3 is 0 Å². The predicted molar refractivity (Wildman–Crippen MR) is 128 cm³/mol. The molecule has 0 atom stereocenters. The number of allylic oxidation sites excluding steroid dienone is 5. The van der Waals surface area contributed by atoms with Crippen LogP contribution in [0.25, 0.3) is 0 Å². The Morgan fingerprint density at radius 2 is 1.04 bits per heavy atom. The van der Waals surface area contributed by atoms with E-state index in [0.717, 1.165) is 19.3 Å². The first-order chi connectivity index (χ1) is 11.5. The lowest BCUT2D eigenvalue weighted by atomic mass is 10.3. The minimum absolute atomic E-state index is 0. The van der Waals surface area contributed by atoms with Crippen molar-refractivity contribution in [2.75, 3.05) is 0 Å². The molecule has 0 unspecified atom stereocenters. The van der Waals surface area contributed by atoms with Crippen molar-refractivity contribution in [3.05, 3.63) is 36.5 Å². The summed E-state index contributed by atoms with van der Waals surface area (Å²) < 4.78 is 0. The van der Waals surface area contributed by atoms with Gasteiger partial charge in [-0.15, -0.1) is 18.9 Å². The fraction of sp³-hybridized carbons (Fsp3) is 0.680. The highest BCUT2D eigenvalue weighted by molar-refractivity contribution is 5.01. The molecule has 0 aromatic rings. The van der Waals surface area contributed by atoms with Crippen molar-refractivity contribution in [2.45, 2.75) is 116 Å². The number of terminal acetylenes is 1. The van der Waals surface area contributed by atoms with Gasteiger partial charge in [-0.3, -0.25) is 0 Å². The lowest BCUT2D eigenvalue weighted by molar-refractivity contribution is 0.886. The fourth-order valence-electron chi connectivity index (χ4n) is 0.429. The molecule has 0 rings (SSSR count). The molecule has 0 amide bonds. The molecule has 0 saturated carbocycles. The molecule has 0 radical (unpaired) electrons. The SMILES string of the molecule is C.C#CC.C=C(C)CC.CC.CC.CC/C=C\C=C/CC.CCCC. The summed E-state index contributed by atoms with van der Waals surface area (Å²) in [5, 5.41) is 0. The van der Waals surface area contributed by atoms with Crippen LogP contribution in [0.4, 0.5) is 0 Å². The maximum Gasteiger partial charge on any atom is -0.00297 e. The Morgan fingerprint density at radius 1 is 0.840 bits per heavy atom. The van der Waals surface area contributed by atoms with Crippen LogP contribution in [0.1, 0.15) is 116 Å². The van der Waals surface area contributed by atoms with Crippen molar-refractivity contribution in [2.24, 2.45) is 0 Å². The zero-order valence-corrected chi connectivity index (χ0v) is 19.1. The number of rotatable bonds is 5. The molecule has 0 heterocycles. The van der Waals surface area contributed by atoms with Gasteiger partial charge in [0.05, 0.1) is 0 Å². The highest BCUT2D eigenvalue weighted by atomic mass is 13.7. The molecule has 0 heteroatoms. The van der Waals surface area contributed by atoms with Crippen LogP contribution >= 0.6 is 0 Å². The second-order valence-electron chi connectivity index (χ2n) is 4.27. The van der Waals surface area contributed by atoms with Gasteiger partial charge in [-0.25, -0.2) is 0 Å². The quantitative estimate of drug-likeness (QED) is 0.261. The van der Waals surface area contributed by atoms with E-state index in [4.69, 9.17) is 0 Å². The van der Waals surface area contributed by atoms with Gasteiger partial charge in [0.15, 0.2) is 0 Å². The summed E-state index contributed by atoms with van der Waals surface area (Å²) >= 11 is 0. The molecule has 0 aromatic carbocycles. The molecule has 0 saturated heterocycles. The van der Waals surface area contributed by atoms with E-state index in [1.165, 1.54) is 18.4 Å². The zero-order valence-electron chi connectivity index (χ0n) is 19.1. The maximum atomic E-state index is 4.60. The van der Waals surface area contributed by atoms with E-state index in [1.54, 1.807) is 6.92 Å². The van der Waals surface area contributed by atoms with Crippen LogP contribution in [0.15, 0.2) is 36.5 Å². The lowest BCUT2D eigenvalue weighted by Gasteiger charge is -1.79. The number of unbranched alkanes of at least 4 members (excludes halogenated alkanes) is 1. The van der Waals surface area contributed by atoms with Gasteiger partial charge in [0.2, 0.25) is 0 Å². The van der Waals surface area contributed by atoms with Crippen LogP contribution < -0.4 is 0 Å². The molecule has 0 fully saturated rings. The second kappa shape index (κ2) is 77.9. The van der Waals surface area contributed by atoms with Crippen LogP contribution in [0.5, 0.6) is 0 Å². The first-order valence-corrected chi connectivity index (χ1v) is 9.85. The third-order valence-corrected chi connectivity index (χ3v) is 1.96. The first-order valence-electron chi connectivity index (χ1n) is 9.85. The summed E-state index contributed by atoms with van der Waals surface area (Å²) in [4.78, 5) is 0. The van der Waals surface area contributed by atoms with E-state index in [0.29, 0.717) is 0 Å². The Kier molecular flexibility index (Phi) is 137. The third kappa shape index (κ3) is 214. The van der Waals surface area contributed by atoms with E-state index >= 15 is 0 Å². The topological polar surface area (TPSA) is 0 Å². The summed E-state index contributed by atoms with van der Waals surface area (Å²) in [7, 11) is 0. The van der Waals surface area contributed by atoms with Crippen LogP contribution in [-0.4, -0.2) is 0 Å². The van der Waals surface area contributed by atoms with E-state index < -0.39 is 0 Å². The van der Waals surface area contributed by atoms with Crippen molar-refractivity contribution in [1.29, 1.82) is 0 Å². The molecule has 0 aliphatic rings. The van der Waals surface area contributed by atoms with Crippen molar-refractivity contribution in [1.82, 2.24) is 0 Å². The van der Waals surface area contributed by atoms with Crippen LogP contribution in [-0.2, 0) is 0 Å². The molecule has 0 aliphatic heterocycles. The van der Waals surface area contributed by atoms with Crippen LogP contribution in [0.2, 0.25) is 0 Å². The Hall–Kier alpha value is -1.22. The standard InChI is InChI=1S/C8H14.C5H10.C4H10.C3H4.2C2H6.CH4/c1-3-5-7-8-6-4-2;1-4-5(2)3;1-3-4-2;1-3-2;2*1-2;/h5-8H,3-4H2,1-2H3;2,4H2,1,3H3;3-4H2,1-2H3;1H,2H3;2*1-2H3;1H4/b7-5-,8-6-;;;;;;. The van der Waals surface area contributed by atoms with Crippen molar-refractivity contribution < 1.29 is 0 Å². The van der Waals surface area contributed by atoms with Crippen molar-refractivity contribution in [3.63, 3.8) is 0 Å². The van der Waals surface area contributed by atoms with Gasteiger partial charge in [-0.2, -0.15) is 0 Å². The van der Waals surface area contributed by atoms with Crippen LogP contribution in [0, 0.1) is 12.3 Å². The van der Waals surface area contributed by atoms with Gasteiger partial charge in [-0.1, -0.05) is 112 Å². The van der Waals surface area contributed by atoms with E-state index in [1.807, 2.05) is 34.6 Å². The van der Waals surface area contributed by atoms with Gasteiger partial charge in [0, 0.05) is 0 Å². The summed E-state index contributed by atoms with van der Waals surface area (Å²) in [6.45, 7) is 26.1. The summed E-state index contributed by atoms with van der Waals surface area (Å²) in [5.41, 5.74) is 1.25. The summed E-state index contributed by atoms with van der Waals surface area (Å²) in [6.07, 6.45) is 19.1. The highest BCUT2D eigenvalue weighted by Crippen LogP contribution is 1.88. The largest absolute Gasteiger partial charge is 0.120 e.